The number of hydrogen-bond acceptors (Lipinski definition) is 10. The molecule has 0 aliphatic carbocycles. The van der Waals surface area contributed by atoms with Gasteiger partial charge in [-0.15, -0.1) is 11.3 Å². The summed E-state index contributed by atoms with van der Waals surface area (Å²) in [5.41, 5.74) is 6.90. The van der Waals surface area contributed by atoms with Crippen LogP contribution in [-0.4, -0.2) is 151 Å². The maximum atomic E-state index is 13.9. The van der Waals surface area contributed by atoms with Crippen molar-refractivity contribution in [2.45, 2.75) is 127 Å². The Labute approximate surface area is 498 Å². The zero-order chi connectivity index (χ0) is 57.6. The minimum atomic E-state index is -0.251. The maximum Gasteiger partial charge on any atom is 0.270 e. The Bertz CT molecular complexity index is 2900. The number of carbonyl (C=O) groups is 4. The number of aromatic nitrogens is 1. The predicted octanol–water partition coefficient (Wildman–Crippen LogP) is 10.9. The van der Waals surface area contributed by atoms with E-state index in [9.17, 15) is 19.2 Å². The molecule has 5 aromatic carbocycles. The SMILES string of the molecule is CCC(CN1CC[C@@H](CNC(=O)c2ccc(-c3ccccc3)cc2)N[C@@H](CCN2CCCCC2)C1=O)c1ccccc1.CCC(CN1CC[C@@H](CNC(=O)c2csc(-c3ccccc3)n2)N[C@@H](CCN2CCCCC2)C1=O)c1ccccc1. The highest BCUT2D eigenvalue weighted by Gasteiger charge is 2.35. The fraction of sp³-hybridized carbons (Fsp3) is 0.464. The molecule has 4 saturated heterocycles. The van der Waals surface area contributed by atoms with Gasteiger partial charge in [-0.25, -0.2) is 4.98 Å². The zero-order valence-electron chi connectivity index (χ0n) is 49.1. The van der Waals surface area contributed by atoms with E-state index in [-0.39, 0.29) is 47.8 Å². The van der Waals surface area contributed by atoms with Crippen LogP contribution >= 0.6 is 11.3 Å². The number of carbonyl (C=O) groups excluding carboxylic acids is 4. The Kier molecular flexibility index (Phi) is 23.5. The second-order valence-corrected chi connectivity index (χ2v) is 24.0. The van der Waals surface area contributed by atoms with E-state index in [2.05, 4.69) is 120 Å². The summed E-state index contributed by atoms with van der Waals surface area (Å²) in [7, 11) is 0. The quantitative estimate of drug-likeness (QED) is 0.0523. The number of nitrogens with zero attached hydrogens (tertiary/aromatic N) is 5. The fourth-order valence-electron chi connectivity index (χ4n) is 12.3. The van der Waals surface area contributed by atoms with Crippen molar-refractivity contribution >= 4 is 35.0 Å². The van der Waals surface area contributed by atoms with Gasteiger partial charge in [0.25, 0.3) is 11.8 Å². The first-order chi connectivity index (χ1) is 40.7. The van der Waals surface area contributed by atoms with Gasteiger partial charge >= 0.3 is 0 Å². The lowest BCUT2D eigenvalue weighted by Crippen LogP contribution is -2.50. The first kappa shape index (κ1) is 61.0. The number of nitrogens with one attached hydrogen (secondary N) is 4. The molecule has 4 N–H and O–H groups in total. The third-order valence-electron chi connectivity index (χ3n) is 17.4. The predicted molar refractivity (Wildman–Crippen MR) is 337 cm³/mol. The van der Waals surface area contributed by atoms with Gasteiger partial charge in [0.15, 0.2) is 0 Å². The number of rotatable bonds is 22. The highest BCUT2D eigenvalue weighted by atomic mass is 32.1. The number of benzene rings is 5. The maximum absolute atomic E-state index is 13.9. The molecule has 0 spiro atoms. The lowest BCUT2D eigenvalue weighted by atomic mass is 9.95. The van der Waals surface area contributed by atoms with Crippen molar-refractivity contribution < 1.29 is 19.2 Å². The molecule has 14 heteroatoms. The van der Waals surface area contributed by atoms with Gasteiger partial charge in [-0.1, -0.05) is 160 Å². The molecule has 4 fully saturated rings. The molecule has 5 heterocycles. The van der Waals surface area contributed by atoms with E-state index in [1.54, 1.807) is 0 Å². The van der Waals surface area contributed by atoms with Crippen LogP contribution in [0.2, 0.25) is 0 Å². The van der Waals surface area contributed by atoms with Crippen LogP contribution in [0.3, 0.4) is 0 Å². The van der Waals surface area contributed by atoms with Crippen molar-refractivity contribution in [2.24, 2.45) is 0 Å². The van der Waals surface area contributed by atoms with E-state index in [0.717, 1.165) is 113 Å². The van der Waals surface area contributed by atoms with Crippen LogP contribution in [-0.2, 0) is 9.59 Å². The average molecular weight is 1140 g/mol. The van der Waals surface area contributed by atoms with Crippen molar-refractivity contribution in [1.82, 2.24) is 45.9 Å². The third kappa shape index (κ3) is 18.0. The van der Waals surface area contributed by atoms with Crippen LogP contribution in [0.15, 0.2) is 151 Å². The molecule has 1 aromatic heterocycles. The normalized spacial score (nSPS) is 20.7. The molecule has 4 aliphatic heterocycles. The molecule has 6 atom stereocenters. The van der Waals surface area contributed by atoms with E-state index in [0.29, 0.717) is 49.3 Å². The second kappa shape index (κ2) is 31.9. The number of piperidine rings is 2. The first-order valence-electron chi connectivity index (χ1n) is 31.1. The monoisotopic (exact) mass is 1140 g/mol. The van der Waals surface area contributed by atoms with Gasteiger partial charge < -0.3 is 40.9 Å². The molecular weight excluding hydrogens is 1050 g/mol. The summed E-state index contributed by atoms with van der Waals surface area (Å²) in [5.74, 6) is 0.765. The van der Waals surface area contributed by atoms with Gasteiger partial charge in [0.1, 0.15) is 10.7 Å². The van der Waals surface area contributed by atoms with Crippen LogP contribution in [0.25, 0.3) is 21.7 Å². The molecule has 2 unspecified atom stereocenters. The van der Waals surface area contributed by atoms with Gasteiger partial charge in [-0.05, 0) is 125 Å². The summed E-state index contributed by atoms with van der Waals surface area (Å²) in [5, 5.41) is 16.2. The standard InChI is InChI=1S/C36H46N4O2.C33H43N5O2S/c1-2-28(29-12-6-3-7-13-29)27-40-25-20-33(38-34(36(40)42)21-24-39-22-10-5-11-23-39)26-37-35(41)32-18-16-31(17-19-32)30-14-8-4-9-15-30;1-2-25(26-12-6-3-7-13-26)23-38-21-16-28(35-29(33(38)40)17-20-37-18-10-5-11-19-37)22-34-31(39)30-24-41-32(36-30)27-14-8-4-9-15-27/h3-4,6-9,12-19,28,33-34,38H,2,5,10-11,20-27H2,1H3,(H,37,41);3-4,6-9,12-15,24-25,28-29,35H,2,5,10-11,16-23H2,1H3,(H,34,39)/t28?,33-,34-;25?,28-,29-/m00/s1. The van der Waals surface area contributed by atoms with E-state index in [1.807, 2.05) is 90.3 Å². The Hall–Kier alpha value is -6.55. The zero-order valence-corrected chi connectivity index (χ0v) is 50.0. The molecule has 0 saturated carbocycles. The van der Waals surface area contributed by atoms with Crippen molar-refractivity contribution in [1.29, 1.82) is 0 Å². The highest BCUT2D eigenvalue weighted by molar-refractivity contribution is 7.13. The molecule has 13 nitrogen and oxygen atoms in total. The Morgan fingerprint density at radius 1 is 0.530 bits per heavy atom. The largest absolute Gasteiger partial charge is 0.350 e. The molecular formula is C69H89N9O4S. The molecule has 0 radical (unpaired) electrons. The number of amides is 4. The van der Waals surface area contributed by atoms with Crippen molar-refractivity contribution in [3.8, 4) is 21.7 Å². The Balaban J connectivity index is 0.000000200. The van der Waals surface area contributed by atoms with E-state index < -0.39 is 0 Å². The summed E-state index contributed by atoms with van der Waals surface area (Å²) in [6.07, 6.45) is 12.7. The Morgan fingerprint density at radius 2 is 0.952 bits per heavy atom. The Morgan fingerprint density at radius 3 is 1.41 bits per heavy atom. The molecule has 6 aromatic rings. The van der Waals surface area contributed by atoms with E-state index in [1.165, 1.54) is 61.0 Å². The summed E-state index contributed by atoms with van der Waals surface area (Å²) in [6, 6.07) is 48.5. The van der Waals surface area contributed by atoms with Gasteiger partial charge in [0.05, 0.1) is 12.1 Å². The van der Waals surface area contributed by atoms with E-state index >= 15 is 0 Å². The fourth-order valence-corrected chi connectivity index (χ4v) is 13.1. The number of thiazole rings is 1. The second-order valence-electron chi connectivity index (χ2n) is 23.2. The highest BCUT2D eigenvalue weighted by Crippen LogP contribution is 2.27. The summed E-state index contributed by atoms with van der Waals surface area (Å²) >= 11 is 1.48. The molecule has 440 valence electrons. The van der Waals surface area contributed by atoms with Crippen LogP contribution in [0.1, 0.15) is 135 Å². The van der Waals surface area contributed by atoms with Crippen LogP contribution in [0.5, 0.6) is 0 Å². The van der Waals surface area contributed by atoms with Crippen molar-refractivity contribution in [3.05, 3.63) is 173 Å². The molecule has 4 aliphatic rings. The molecule has 83 heavy (non-hydrogen) atoms. The number of hydrogen-bond donors (Lipinski definition) is 4. The van der Waals surface area contributed by atoms with Crippen LogP contribution in [0.4, 0.5) is 0 Å². The molecule has 0 bridgehead atoms. The minimum absolute atomic E-state index is 0.0169. The van der Waals surface area contributed by atoms with E-state index in [4.69, 9.17) is 0 Å². The van der Waals surface area contributed by atoms with Crippen molar-refractivity contribution in [2.75, 3.05) is 78.5 Å². The third-order valence-corrected chi connectivity index (χ3v) is 18.3. The summed E-state index contributed by atoms with van der Waals surface area (Å²) in [4.78, 5) is 67.6. The van der Waals surface area contributed by atoms with Crippen LogP contribution < -0.4 is 21.3 Å². The lowest BCUT2D eigenvalue weighted by molar-refractivity contribution is -0.134. The molecule has 4 amide bonds. The smallest absolute Gasteiger partial charge is 0.270 e. The van der Waals surface area contributed by atoms with Crippen molar-refractivity contribution in [3.63, 3.8) is 0 Å². The lowest BCUT2D eigenvalue weighted by Gasteiger charge is -2.31. The van der Waals surface area contributed by atoms with Gasteiger partial charge in [-0.2, -0.15) is 0 Å². The summed E-state index contributed by atoms with van der Waals surface area (Å²) < 4.78 is 0. The topological polar surface area (TPSA) is 142 Å². The summed E-state index contributed by atoms with van der Waals surface area (Å²) in [6.45, 7) is 14.5. The average Bonchev–Trinajstić information content (AvgIpc) is 4.09. The number of likely N-dealkylation sites (tertiary alicyclic amines) is 2. The van der Waals surface area contributed by atoms with Gasteiger partial charge in [-0.3, -0.25) is 19.2 Å². The minimum Gasteiger partial charge on any atom is -0.350 e. The van der Waals surface area contributed by atoms with Gasteiger partial charge in [0, 0.05) is 92.8 Å². The van der Waals surface area contributed by atoms with Crippen LogP contribution in [0, 0.1) is 0 Å². The van der Waals surface area contributed by atoms with Gasteiger partial charge in [0.2, 0.25) is 11.8 Å². The first-order valence-corrected chi connectivity index (χ1v) is 32.0. The molecule has 10 rings (SSSR count).